The fourth-order valence-electron chi connectivity index (χ4n) is 2.27. The van der Waals surface area contributed by atoms with E-state index in [9.17, 15) is 23.8 Å². The van der Waals surface area contributed by atoms with Crippen molar-refractivity contribution in [2.24, 2.45) is 0 Å². The van der Waals surface area contributed by atoms with Gasteiger partial charge in [-0.05, 0) is 43.7 Å². The van der Waals surface area contributed by atoms with E-state index < -0.39 is 23.1 Å². The molecule has 4 nitrogen and oxygen atoms in total. The molecular weight excluding hydrogens is 304 g/mol. The lowest BCUT2D eigenvalue weighted by molar-refractivity contribution is 0.0494. The van der Waals surface area contributed by atoms with E-state index >= 15 is 0 Å². The van der Waals surface area contributed by atoms with Gasteiger partial charge in [0.15, 0.2) is 0 Å². The first-order valence-corrected chi connectivity index (χ1v) is 6.96. The van der Waals surface area contributed by atoms with Gasteiger partial charge in [0.1, 0.15) is 23.0 Å². The molecular formula is C17H17F2NO3. The highest BCUT2D eigenvalue weighted by Gasteiger charge is 2.27. The number of carbonyl (C=O) groups is 1. The number of carbonyl (C=O) groups excluding carboxylic acids is 1. The van der Waals surface area contributed by atoms with Gasteiger partial charge in [-0.1, -0.05) is 6.07 Å². The summed E-state index contributed by atoms with van der Waals surface area (Å²) in [5.74, 6) is -2.21. The number of phenols is 1. The Balaban J connectivity index is 2.13. The average Bonchev–Trinajstić information content (AvgIpc) is 2.43. The molecule has 0 aromatic heterocycles. The minimum Gasteiger partial charge on any atom is -0.508 e. The van der Waals surface area contributed by atoms with Gasteiger partial charge in [0.05, 0.1) is 6.54 Å². The first kappa shape index (κ1) is 16.9. The number of halogens is 2. The normalized spacial score (nSPS) is 13.4. The van der Waals surface area contributed by atoms with E-state index in [1.54, 1.807) is 13.0 Å². The zero-order valence-electron chi connectivity index (χ0n) is 12.7. The molecule has 6 heteroatoms. The summed E-state index contributed by atoms with van der Waals surface area (Å²) in [4.78, 5) is 12.1. The maximum absolute atomic E-state index is 13.8. The van der Waals surface area contributed by atoms with Gasteiger partial charge in [-0.25, -0.2) is 8.78 Å². The van der Waals surface area contributed by atoms with Crippen LogP contribution in [0, 0.1) is 18.6 Å². The third-order valence-corrected chi connectivity index (χ3v) is 3.43. The number of aromatic hydroxyl groups is 1. The second kappa shape index (κ2) is 6.34. The number of phenolic OH excluding ortho intramolecular Hbond substituents is 1. The Hall–Kier alpha value is -2.47. The molecule has 2 aromatic carbocycles. The summed E-state index contributed by atoms with van der Waals surface area (Å²) < 4.78 is 26.7. The average molecular weight is 321 g/mol. The van der Waals surface area contributed by atoms with E-state index in [4.69, 9.17) is 0 Å². The van der Waals surface area contributed by atoms with Crippen LogP contribution in [0.15, 0.2) is 36.4 Å². The third-order valence-electron chi connectivity index (χ3n) is 3.43. The van der Waals surface area contributed by atoms with E-state index in [0.717, 1.165) is 12.1 Å². The molecule has 0 saturated heterocycles. The van der Waals surface area contributed by atoms with Crippen molar-refractivity contribution in [1.82, 2.24) is 5.32 Å². The highest BCUT2D eigenvalue weighted by molar-refractivity contribution is 5.94. The monoisotopic (exact) mass is 321 g/mol. The van der Waals surface area contributed by atoms with Crippen LogP contribution >= 0.6 is 0 Å². The SMILES string of the molecule is Cc1cc(O)cc(C(=O)NCC(C)(O)c2ccc(F)cc2F)c1. The molecule has 0 bridgehead atoms. The zero-order chi connectivity index (χ0) is 17.2. The fraction of sp³-hybridized carbons (Fsp3) is 0.235. The predicted octanol–water partition coefficient (Wildman–Crippen LogP) is 2.62. The van der Waals surface area contributed by atoms with Crippen LogP contribution in [0.5, 0.6) is 5.75 Å². The van der Waals surface area contributed by atoms with Gasteiger partial charge in [-0.2, -0.15) is 0 Å². The number of aryl methyl sites for hydroxylation is 1. The summed E-state index contributed by atoms with van der Waals surface area (Å²) in [6, 6.07) is 7.20. The van der Waals surface area contributed by atoms with Crippen LogP contribution in [0.25, 0.3) is 0 Å². The highest BCUT2D eigenvalue weighted by atomic mass is 19.1. The van der Waals surface area contributed by atoms with Gasteiger partial charge in [0.25, 0.3) is 5.91 Å². The molecule has 1 atom stereocenters. The van der Waals surface area contributed by atoms with Crippen molar-refractivity contribution >= 4 is 5.91 Å². The maximum atomic E-state index is 13.8. The van der Waals surface area contributed by atoms with Crippen LogP contribution in [0.2, 0.25) is 0 Å². The first-order chi connectivity index (χ1) is 10.7. The van der Waals surface area contributed by atoms with Gasteiger partial charge in [-0.15, -0.1) is 0 Å². The van der Waals surface area contributed by atoms with Gasteiger partial charge in [-0.3, -0.25) is 4.79 Å². The Morgan fingerprint density at radius 3 is 2.52 bits per heavy atom. The number of amides is 1. The third kappa shape index (κ3) is 4.04. The summed E-state index contributed by atoms with van der Waals surface area (Å²) in [5.41, 5.74) is -0.907. The number of rotatable bonds is 4. The van der Waals surface area contributed by atoms with Gasteiger partial charge >= 0.3 is 0 Å². The number of nitrogens with one attached hydrogen (secondary N) is 1. The summed E-state index contributed by atoms with van der Waals surface area (Å²) in [6.07, 6.45) is 0. The van der Waals surface area contributed by atoms with E-state index in [-0.39, 0.29) is 23.4 Å². The van der Waals surface area contributed by atoms with E-state index in [2.05, 4.69) is 5.32 Å². The molecule has 2 aromatic rings. The Bertz CT molecular complexity index is 724. The number of benzene rings is 2. The van der Waals surface area contributed by atoms with Crippen molar-refractivity contribution in [2.45, 2.75) is 19.4 Å². The lowest BCUT2D eigenvalue weighted by Gasteiger charge is -2.24. The van der Waals surface area contributed by atoms with Crippen LogP contribution in [0.3, 0.4) is 0 Å². The summed E-state index contributed by atoms with van der Waals surface area (Å²) >= 11 is 0. The van der Waals surface area contributed by atoms with Crippen molar-refractivity contribution in [3.8, 4) is 5.75 Å². The van der Waals surface area contributed by atoms with Crippen LogP contribution in [-0.2, 0) is 5.60 Å². The predicted molar refractivity (Wildman–Crippen MR) is 81.1 cm³/mol. The van der Waals surface area contributed by atoms with E-state index in [1.165, 1.54) is 19.1 Å². The quantitative estimate of drug-likeness (QED) is 0.811. The molecule has 122 valence electrons. The highest BCUT2D eigenvalue weighted by Crippen LogP contribution is 2.24. The van der Waals surface area contributed by atoms with Crippen molar-refractivity contribution in [3.63, 3.8) is 0 Å². The molecule has 0 aliphatic carbocycles. The van der Waals surface area contributed by atoms with Crippen LogP contribution in [-0.4, -0.2) is 22.7 Å². The molecule has 1 amide bonds. The molecule has 0 aliphatic rings. The smallest absolute Gasteiger partial charge is 0.251 e. The molecule has 23 heavy (non-hydrogen) atoms. The lowest BCUT2D eigenvalue weighted by Crippen LogP contribution is -2.39. The molecule has 2 rings (SSSR count). The molecule has 0 radical (unpaired) electrons. The lowest BCUT2D eigenvalue weighted by atomic mass is 9.95. The molecule has 0 saturated carbocycles. The fourth-order valence-corrected chi connectivity index (χ4v) is 2.27. The molecule has 0 fully saturated rings. The number of hydrogen-bond acceptors (Lipinski definition) is 3. The van der Waals surface area contributed by atoms with Crippen molar-refractivity contribution in [1.29, 1.82) is 0 Å². The molecule has 0 heterocycles. The van der Waals surface area contributed by atoms with Gasteiger partial charge in [0, 0.05) is 17.2 Å². The molecule has 3 N–H and O–H groups in total. The van der Waals surface area contributed by atoms with Crippen molar-refractivity contribution in [2.75, 3.05) is 6.54 Å². The maximum Gasteiger partial charge on any atom is 0.251 e. The second-order valence-corrected chi connectivity index (χ2v) is 5.64. The van der Waals surface area contributed by atoms with Crippen LogP contribution < -0.4 is 5.32 Å². The Morgan fingerprint density at radius 1 is 1.22 bits per heavy atom. The minimum absolute atomic E-state index is 0.0495. The zero-order valence-corrected chi connectivity index (χ0v) is 12.7. The van der Waals surface area contributed by atoms with E-state index in [0.29, 0.717) is 11.6 Å². The second-order valence-electron chi connectivity index (χ2n) is 5.64. The van der Waals surface area contributed by atoms with Crippen LogP contribution in [0.1, 0.15) is 28.4 Å². The summed E-state index contributed by atoms with van der Waals surface area (Å²) in [7, 11) is 0. The molecule has 0 spiro atoms. The topological polar surface area (TPSA) is 69.6 Å². The standard InChI is InChI=1S/C17H17F2NO3/c1-10-5-11(7-13(21)6-10)16(22)20-9-17(2,23)14-4-3-12(18)8-15(14)19/h3-8,21,23H,9H2,1-2H3,(H,20,22). The molecule has 0 aliphatic heterocycles. The van der Waals surface area contributed by atoms with E-state index in [1.807, 2.05) is 0 Å². The Labute approximate surface area is 132 Å². The first-order valence-electron chi connectivity index (χ1n) is 6.96. The van der Waals surface area contributed by atoms with Crippen molar-refractivity contribution in [3.05, 3.63) is 64.7 Å². The number of aliphatic hydroxyl groups is 1. The Morgan fingerprint density at radius 2 is 1.91 bits per heavy atom. The number of hydrogen-bond donors (Lipinski definition) is 3. The molecule has 1 unspecified atom stereocenters. The van der Waals surface area contributed by atoms with Gasteiger partial charge in [0.2, 0.25) is 0 Å². The van der Waals surface area contributed by atoms with Gasteiger partial charge < -0.3 is 15.5 Å². The summed E-state index contributed by atoms with van der Waals surface area (Å²) in [6.45, 7) is 2.76. The largest absolute Gasteiger partial charge is 0.508 e. The van der Waals surface area contributed by atoms with Crippen molar-refractivity contribution < 1.29 is 23.8 Å². The summed E-state index contributed by atoms with van der Waals surface area (Å²) in [5, 5.41) is 22.3. The Kier molecular flexibility index (Phi) is 4.65. The minimum atomic E-state index is -1.71. The van der Waals surface area contributed by atoms with Crippen LogP contribution in [0.4, 0.5) is 8.78 Å².